The predicted molar refractivity (Wildman–Crippen MR) is 129 cm³/mol. The number of aryl methyl sites for hydroxylation is 1. The molecule has 3 rings (SSSR count). The van der Waals surface area contributed by atoms with Crippen molar-refractivity contribution in [3.63, 3.8) is 0 Å². The van der Waals surface area contributed by atoms with Crippen LogP contribution in [0.3, 0.4) is 0 Å². The maximum atomic E-state index is 12.5. The zero-order valence-corrected chi connectivity index (χ0v) is 20.8. The van der Waals surface area contributed by atoms with E-state index in [4.69, 9.17) is 27.9 Å². The number of rotatable bonds is 8. The SMILES string of the molecule is CNCC(=O)NCC(=O)N(C)c1ccc(Cl)c(COc2cccn3c(Br)c(C)nc23)c1Cl. The van der Waals surface area contributed by atoms with E-state index in [1.54, 1.807) is 26.2 Å². The number of hydrogen-bond acceptors (Lipinski definition) is 5. The monoisotopic (exact) mass is 541 g/mol. The number of carbonyl (C=O) groups is 2. The molecule has 0 unspecified atom stereocenters. The van der Waals surface area contributed by atoms with E-state index in [9.17, 15) is 9.59 Å². The number of ether oxygens (including phenoxy) is 1. The van der Waals surface area contributed by atoms with Crippen LogP contribution >= 0.6 is 39.1 Å². The summed E-state index contributed by atoms with van der Waals surface area (Å²) in [5.74, 6) is -0.0379. The zero-order chi connectivity index (χ0) is 23.4. The summed E-state index contributed by atoms with van der Waals surface area (Å²) in [6.45, 7) is 1.94. The fraction of sp³-hybridized carbons (Fsp3) is 0.286. The fourth-order valence-corrected chi connectivity index (χ4v) is 4.00. The summed E-state index contributed by atoms with van der Waals surface area (Å²) >= 11 is 16.5. The lowest BCUT2D eigenvalue weighted by atomic mass is 10.2. The molecule has 32 heavy (non-hydrogen) atoms. The second-order valence-electron chi connectivity index (χ2n) is 6.96. The maximum Gasteiger partial charge on any atom is 0.246 e. The quantitative estimate of drug-likeness (QED) is 0.454. The third kappa shape index (κ3) is 5.17. The Morgan fingerprint density at radius 1 is 1.25 bits per heavy atom. The Morgan fingerprint density at radius 2 is 2.00 bits per heavy atom. The van der Waals surface area contributed by atoms with Gasteiger partial charge in [-0.05, 0) is 54.2 Å². The van der Waals surface area contributed by atoms with Crippen LogP contribution < -0.4 is 20.3 Å². The number of nitrogens with zero attached hydrogens (tertiary/aromatic N) is 3. The molecule has 2 N–H and O–H groups in total. The van der Waals surface area contributed by atoms with E-state index in [1.807, 2.05) is 29.7 Å². The topological polar surface area (TPSA) is 88.0 Å². The van der Waals surface area contributed by atoms with Gasteiger partial charge >= 0.3 is 0 Å². The second kappa shape index (κ2) is 10.5. The minimum absolute atomic E-state index is 0.0790. The molecule has 0 bridgehead atoms. The molecule has 0 aliphatic heterocycles. The fourth-order valence-electron chi connectivity index (χ4n) is 3.02. The van der Waals surface area contributed by atoms with Gasteiger partial charge in [-0.3, -0.25) is 14.0 Å². The van der Waals surface area contributed by atoms with Crippen LogP contribution in [0.15, 0.2) is 35.1 Å². The molecule has 0 aliphatic carbocycles. The number of carbonyl (C=O) groups excluding carboxylic acids is 2. The smallest absolute Gasteiger partial charge is 0.246 e. The van der Waals surface area contributed by atoms with E-state index in [2.05, 4.69) is 31.5 Å². The van der Waals surface area contributed by atoms with Gasteiger partial charge in [0.15, 0.2) is 11.4 Å². The van der Waals surface area contributed by atoms with E-state index in [0.29, 0.717) is 32.7 Å². The molecule has 1 aromatic carbocycles. The predicted octanol–water partition coefficient (Wildman–Crippen LogP) is 3.59. The molecule has 2 heterocycles. The van der Waals surface area contributed by atoms with E-state index >= 15 is 0 Å². The third-order valence-electron chi connectivity index (χ3n) is 4.76. The van der Waals surface area contributed by atoms with Crippen molar-refractivity contribution in [3.8, 4) is 5.75 Å². The first-order valence-corrected chi connectivity index (χ1v) is 11.2. The van der Waals surface area contributed by atoms with Crippen molar-refractivity contribution in [1.82, 2.24) is 20.0 Å². The van der Waals surface area contributed by atoms with Gasteiger partial charge in [0, 0.05) is 23.8 Å². The first kappa shape index (κ1) is 24.3. The number of hydrogen-bond donors (Lipinski definition) is 2. The third-order valence-corrected chi connectivity index (χ3v) is 6.49. The Morgan fingerprint density at radius 3 is 2.72 bits per heavy atom. The number of amides is 2. The van der Waals surface area contributed by atoms with Crippen molar-refractivity contribution < 1.29 is 14.3 Å². The van der Waals surface area contributed by atoms with Gasteiger partial charge in [-0.15, -0.1) is 0 Å². The summed E-state index contributed by atoms with van der Waals surface area (Å²) in [5, 5.41) is 5.98. The van der Waals surface area contributed by atoms with Crippen LogP contribution in [0.1, 0.15) is 11.3 Å². The number of imidazole rings is 1. The van der Waals surface area contributed by atoms with Crippen molar-refractivity contribution >= 4 is 62.3 Å². The standard InChI is InChI=1S/C21H22BrCl2N5O3/c1-12-20(22)29-8-4-5-16(21(29)27-12)32-11-13-14(23)6-7-15(19(13)24)28(3)18(31)10-26-17(30)9-25-2/h4-8,25H,9-11H2,1-3H3,(H,26,30). The Hall–Kier alpha value is -2.33. The molecule has 0 atom stereocenters. The Labute approximate surface area is 204 Å². The summed E-state index contributed by atoms with van der Waals surface area (Å²) < 4.78 is 8.72. The summed E-state index contributed by atoms with van der Waals surface area (Å²) in [7, 11) is 3.23. The summed E-state index contributed by atoms with van der Waals surface area (Å²) in [6.07, 6.45) is 1.88. The van der Waals surface area contributed by atoms with Crippen LogP contribution in [0.25, 0.3) is 5.65 Å². The van der Waals surface area contributed by atoms with Gasteiger partial charge in [-0.1, -0.05) is 23.2 Å². The van der Waals surface area contributed by atoms with Gasteiger partial charge in [0.2, 0.25) is 11.8 Å². The van der Waals surface area contributed by atoms with Crippen molar-refractivity contribution in [2.24, 2.45) is 0 Å². The van der Waals surface area contributed by atoms with Gasteiger partial charge in [0.25, 0.3) is 0 Å². The van der Waals surface area contributed by atoms with Gasteiger partial charge in [0.05, 0.1) is 29.5 Å². The molecule has 0 spiro atoms. The van der Waals surface area contributed by atoms with Gasteiger partial charge in [0.1, 0.15) is 11.2 Å². The van der Waals surface area contributed by atoms with Crippen molar-refractivity contribution in [1.29, 1.82) is 0 Å². The maximum absolute atomic E-state index is 12.5. The van der Waals surface area contributed by atoms with Gasteiger partial charge in [-0.2, -0.15) is 0 Å². The van der Waals surface area contributed by atoms with E-state index in [-0.39, 0.29) is 31.5 Å². The average molecular weight is 543 g/mol. The van der Waals surface area contributed by atoms with Crippen LogP contribution in [0, 0.1) is 6.92 Å². The highest BCUT2D eigenvalue weighted by molar-refractivity contribution is 9.10. The number of benzene rings is 1. The Balaban J connectivity index is 1.79. The van der Waals surface area contributed by atoms with Crippen LogP contribution in [-0.2, 0) is 16.2 Å². The minimum Gasteiger partial charge on any atom is -0.485 e. The highest BCUT2D eigenvalue weighted by Crippen LogP contribution is 2.35. The molecule has 2 amide bonds. The molecule has 11 heteroatoms. The van der Waals surface area contributed by atoms with Crippen molar-refractivity contribution in [3.05, 3.63) is 56.4 Å². The van der Waals surface area contributed by atoms with E-state index in [1.165, 1.54) is 4.90 Å². The number of likely N-dealkylation sites (N-methyl/N-ethyl adjacent to an activating group) is 2. The first-order valence-electron chi connectivity index (χ1n) is 9.65. The van der Waals surface area contributed by atoms with Gasteiger partial charge in [-0.25, -0.2) is 4.98 Å². The number of anilines is 1. The molecular formula is C21H22BrCl2N5O3. The number of fused-ring (bicyclic) bond motifs is 1. The molecule has 0 aliphatic rings. The van der Waals surface area contributed by atoms with Crippen LogP contribution in [0.2, 0.25) is 10.0 Å². The first-order chi connectivity index (χ1) is 15.2. The number of nitrogens with one attached hydrogen (secondary N) is 2. The van der Waals surface area contributed by atoms with Crippen molar-refractivity contribution in [2.75, 3.05) is 32.1 Å². The molecule has 0 radical (unpaired) electrons. The molecule has 3 aromatic rings. The number of halogens is 3. The Kier molecular flexibility index (Phi) is 8.00. The lowest BCUT2D eigenvalue weighted by Gasteiger charge is -2.21. The molecule has 2 aromatic heterocycles. The lowest BCUT2D eigenvalue weighted by Crippen LogP contribution is -2.41. The summed E-state index contributed by atoms with van der Waals surface area (Å²) in [5.41, 5.74) is 2.49. The van der Waals surface area contributed by atoms with E-state index < -0.39 is 0 Å². The van der Waals surface area contributed by atoms with Crippen LogP contribution in [-0.4, -0.2) is 48.4 Å². The van der Waals surface area contributed by atoms with E-state index in [0.717, 1.165) is 10.3 Å². The molecule has 0 fully saturated rings. The largest absolute Gasteiger partial charge is 0.485 e. The minimum atomic E-state index is -0.326. The molecule has 8 nitrogen and oxygen atoms in total. The van der Waals surface area contributed by atoms with Gasteiger partial charge < -0.3 is 20.3 Å². The van der Waals surface area contributed by atoms with Crippen LogP contribution in [0.5, 0.6) is 5.75 Å². The lowest BCUT2D eigenvalue weighted by molar-refractivity contribution is -0.124. The molecular weight excluding hydrogens is 521 g/mol. The highest BCUT2D eigenvalue weighted by Gasteiger charge is 2.19. The second-order valence-corrected chi connectivity index (χ2v) is 8.50. The highest BCUT2D eigenvalue weighted by atomic mass is 79.9. The molecule has 0 saturated carbocycles. The summed E-state index contributed by atoms with van der Waals surface area (Å²) in [6, 6.07) is 6.96. The van der Waals surface area contributed by atoms with Crippen molar-refractivity contribution in [2.45, 2.75) is 13.5 Å². The zero-order valence-electron chi connectivity index (χ0n) is 17.7. The van der Waals surface area contributed by atoms with Crippen LogP contribution in [0.4, 0.5) is 5.69 Å². The number of aromatic nitrogens is 2. The Bertz CT molecular complexity index is 1170. The molecule has 170 valence electrons. The normalized spacial score (nSPS) is 10.9. The molecule has 0 saturated heterocycles. The number of pyridine rings is 1. The summed E-state index contributed by atoms with van der Waals surface area (Å²) in [4.78, 5) is 30.0. The average Bonchev–Trinajstić information content (AvgIpc) is 3.06.